The van der Waals surface area contributed by atoms with Gasteiger partial charge >= 0.3 is 0 Å². The largest absolute Gasteiger partial charge is 0.495 e. The highest BCUT2D eigenvalue weighted by molar-refractivity contribution is 6.32. The minimum absolute atomic E-state index is 0.350. The molecular weight excluding hydrogens is 222 g/mol. The van der Waals surface area contributed by atoms with E-state index in [2.05, 4.69) is 26.1 Å². The van der Waals surface area contributed by atoms with Crippen LogP contribution in [0.4, 0.5) is 5.69 Å². The van der Waals surface area contributed by atoms with Crippen molar-refractivity contribution in [2.75, 3.05) is 19.0 Å². The van der Waals surface area contributed by atoms with Gasteiger partial charge < -0.3 is 10.1 Å². The monoisotopic (exact) mass is 241 g/mol. The second-order valence-corrected chi connectivity index (χ2v) is 5.49. The smallest absolute Gasteiger partial charge is 0.137 e. The Morgan fingerprint density at radius 3 is 2.50 bits per heavy atom. The highest BCUT2D eigenvalue weighted by atomic mass is 35.5. The highest BCUT2D eigenvalue weighted by Crippen LogP contribution is 2.27. The Morgan fingerprint density at radius 2 is 2.00 bits per heavy atom. The molecule has 1 aromatic carbocycles. The molecule has 0 heterocycles. The van der Waals surface area contributed by atoms with Gasteiger partial charge in [0.1, 0.15) is 5.75 Å². The van der Waals surface area contributed by atoms with E-state index < -0.39 is 0 Å². The van der Waals surface area contributed by atoms with E-state index >= 15 is 0 Å². The lowest BCUT2D eigenvalue weighted by Crippen LogP contribution is -2.12. The number of benzene rings is 1. The molecule has 16 heavy (non-hydrogen) atoms. The fourth-order valence-corrected chi connectivity index (χ4v) is 1.62. The molecule has 0 aliphatic carbocycles. The van der Waals surface area contributed by atoms with Gasteiger partial charge in [-0.3, -0.25) is 0 Å². The van der Waals surface area contributed by atoms with E-state index in [1.807, 2.05) is 18.2 Å². The number of ether oxygens (including phenoxy) is 1. The van der Waals surface area contributed by atoms with E-state index in [4.69, 9.17) is 16.3 Å². The summed E-state index contributed by atoms with van der Waals surface area (Å²) in [6.45, 7) is 7.65. The van der Waals surface area contributed by atoms with Crippen LogP contribution >= 0.6 is 11.6 Å². The molecule has 0 unspecified atom stereocenters. The van der Waals surface area contributed by atoms with Crippen LogP contribution < -0.4 is 10.1 Å². The predicted molar refractivity (Wildman–Crippen MR) is 70.6 cm³/mol. The SMILES string of the molecule is COc1ccc(NCCC(C)(C)C)cc1Cl. The first kappa shape index (κ1) is 13.2. The molecule has 90 valence electrons. The van der Waals surface area contributed by atoms with Gasteiger partial charge in [-0.15, -0.1) is 0 Å². The van der Waals surface area contributed by atoms with E-state index in [9.17, 15) is 0 Å². The maximum atomic E-state index is 6.03. The number of nitrogens with one attached hydrogen (secondary N) is 1. The Balaban J connectivity index is 2.52. The molecule has 0 aromatic heterocycles. The maximum absolute atomic E-state index is 6.03. The van der Waals surface area contributed by atoms with Crippen molar-refractivity contribution in [1.82, 2.24) is 0 Å². The summed E-state index contributed by atoms with van der Waals surface area (Å²) < 4.78 is 5.10. The summed E-state index contributed by atoms with van der Waals surface area (Å²) in [6, 6.07) is 5.75. The lowest BCUT2D eigenvalue weighted by molar-refractivity contribution is 0.389. The van der Waals surface area contributed by atoms with Crippen molar-refractivity contribution < 1.29 is 4.74 Å². The molecule has 0 fully saturated rings. The zero-order valence-electron chi connectivity index (χ0n) is 10.4. The van der Waals surface area contributed by atoms with Crippen molar-refractivity contribution in [2.24, 2.45) is 5.41 Å². The van der Waals surface area contributed by atoms with Gasteiger partial charge in [0, 0.05) is 12.2 Å². The van der Waals surface area contributed by atoms with E-state index in [-0.39, 0.29) is 0 Å². The first-order valence-corrected chi connectivity index (χ1v) is 5.87. The fourth-order valence-electron chi connectivity index (χ4n) is 1.36. The molecule has 0 aliphatic heterocycles. The van der Waals surface area contributed by atoms with Crippen LogP contribution in [-0.2, 0) is 0 Å². The highest BCUT2D eigenvalue weighted by Gasteiger charge is 2.09. The average molecular weight is 242 g/mol. The van der Waals surface area contributed by atoms with Crippen LogP contribution in [0.25, 0.3) is 0 Å². The van der Waals surface area contributed by atoms with Crippen LogP contribution in [0, 0.1) is 5.41 Å². The van der Waals surface area contributed by atoms with E-state index in [1.54, 1.807) is 7.11 Å². The number of hydrogen-bond donors (Lipinski definition) is 1. The summed E-state index contributed by atoms with van der Waals surface area (Å²) in [5.74, 6) is 0.711. The topological polar surface area (TPSA) is 21.3 Å². The van der Waals surface area contributed by atoms with Crippen LogP contribution in [0.5, 0.6) is 5.75 Å². The second kappa shape index (κ2) is 5.44. The van der Waals surface area contributed by atoms with Gasteiger partial charge in [0.15, 0.2) is 0 Å². The lowest BCUT2D eigenvalue weighted by atomic mass is 9.92. The average Bonchev–Trinajstić information content (AvgIpc) is 2.16. The van der Waals surface area contributed by atoms with Gasteiger partial charge in [-0.1, -0.05) is 32.4 Å². The van der Waals surface area contributed by atoms with Crippen molar-refractivity contribution in [3.05, 3.63) is 23.2 Å². The first-order valence-electron chi connectivity index (χ1n) is 5.50. The number of halogens is 1. The van der Waals surface area contributed by atoms with Gasteiger partial charge in [-0.25, -0.2) is 0 Å². The van der Waals surface area contributed by atoms with Crippen molar-refractivity contribution in [2.45, 2.75) is 27.2 Å². The molecule has 1 aromatic rings. The minimum Gasteiger partial charge on any atom is -0.495 e. The summed E-state index contributed by atoms with van der Waals surface area (Å²) in [7, 11) is 1.62. The van der Waals surface area contributed by atoms with Crippen LogP contribution in [0.3, 0.4) is 0 Å². The van der Waals surface area contributed by atoms with Crippen molar-refractivity contribution in [3.63, 3.8) is 0 Å². The van der Waals surface area contributed by atoms with E-state index in [0.717, 1.165) is 18.7 Å². The van der Waals surface area contributed by atoms with Crippen molar-refractivity contribution >= 4 is 17.3 Å². The molecule has 0 atom stereocenters. The molecule has 0 saturated carbocycles. The summed E-state index contributed by atoms with van der Waals surface area (Å²) in [6.07, 6.45) is 1.12. The third kappa shape index (κ3) is 4.31. The van der Waals surface area contributed by atoms with Gasteiger partial charge in [-0.05, 0) is 30.0 Å². The number of hydrogen-bond acceptors (Lipinski definition) is 2. The summed E-state index contributed by atoms with van der Waals surface area (Å²) in [5.41, 5.74) is 1.39. The van der Waals surface area contributed by atoms with Gasteiger partial charge in [0.25, 0.3) is 0 Å². The van der Waals surface area contributed by atoms with Gasteiger partial charge in [0.05, 0.1) is 12.1 Å². The Morgan fingerprint density at radius 1 is 1.31 bits per heavy atom. The molecule has 0 spiro atoms. The van der Waals surface area contributed by atoms with Gasteiger partial charge in [0.2, 0.25) is 0 Å². The van der Waals surface area contributed by atoms with E-state index in [0.29, 0.717) is 16.2 Å². The Hall–Kier alpha value is -0.890. The third-order valence-electron chi connectivity index (χ3n) is 2.36. The zero-order chi connectivity index (χ0) is 12.2. The quantitative estimate of drug-likeness (QED) is 0.853. The first-order chi connectivity index (χ1) is 7.42. The molecular formula is C13H20ClNO. The number of methoxy groups -OCH3 is 1. The number of anilines is 1. The maximum Gasteiger partial charge on any atom is 0.137 e. The lowest BCUT2D eigenvalue weighted by Gasteiger charge is -2.18. The zero-order valence-corrected chi connectivity index (χ0v) is 11.2. The van der Waals surface area contributed by atoms with Crippen LogP contribution in [0.15, 0.2) is 18.2 Å². The summed E-state index contributed by atoms with van der Waals surface area (Å²) in [4.78, 5) is 0. The Bertz CT molecular complexity index is 344. The minimum atomic E-state index is 0.350. The molecule has 0 aliphatic rings. The fraction of sp³-hybridized carbons (Fsp3) is 0.538. The molecule has 0 radical (unpaired) electrons. The Kier molecular flexibility index (Phi) is 4.48. The van der Waals surface area contributed by atoms with Crippen LogP contribution in [0.2, 0.25) is 5.02 Å². The summed E-state index contributed by atoms with van der Waals surface area (Å²) >= 11 is 6.03. The van der Waals surface area contributed by atoms with E-state index in [1.165, 1.54) is 0 Å². The molecule has 0 bridgehead atoms. The van der Waals surface area contributed by atoms with Crippen molar-refractivity contribution in [3.8, 4) is 5.75 Å². The molecule has 0 amide bonds. The number of rotatable bonds is 4. The normalized spacial score (nSPS) is 11.3. The molecule has 2 nitrogen and oxygen atoms in total. The van der Waals surface area contributed by atoms with Crippen LogP contribution in [0.1, 0.15) is 27.2 Å². The van der Waals surface area contributed by atoms with Gasteiger partial charge in [-0.2, -0.15) is 0 Å². The molecule has 3 heteroatoms. The molecule has 0 saturated heterocycles. The second-order valence-electron chi connectivity index (χ2n) is 5.09. The summed E-state index contributed by atoms with van der Waals surface area (Å²) in [5, 5.41) is 4.00. The molecule has 1 rings (SSSR count). The third-order valence-corrected chi connectivity index (χ3v) is 2.65. The predicted octanol–water partition coefficient (Wildman–Crippen LogP) is 4.20. The molecule has 1 N–H and O–H groups in total. The van der Waals surface area contributed by atoms with Crippen LogP contribution in [-0.4, -0.2) is 13.7 Å². The standard InChI is InChI=1S/C13H20ClNO/c1-13(2,3)7-8-15-10-5-6-12(16-4)11(14)9-10/h5-6,9,15H,7-8H2,1-4H3. The van der Waals surface area contributed by atoms with Crippen molar-refractivity contribution in [1.29, 1.82) is 0 Å². The Labute approximate surface area is 103 Å².